The van der Waals surface area contributed by atoms with Crippen molar-refractivity contribution in [2.24, 2.45) is 5.92 Å². The summed E-state index contributed by atoms with van der Waals surface area (Å²) in [7, 11) is 0. The van der Waals surface area contributed by atoms with Crippen LogP contribution < -0.4 is 10.6 Å². The fraction of sp³-hybridized carbons (Fsp3) is 0.591. The first-order valence-corrected chi connectivity index (χ1v) is 10.2. The third-order valence-electron chi connectivity index (χ3n) is 4.84. The van der Waals surface area contributed by atoms with Gasteiger partial charge in [0, 0.05) is 38.2 Å². The predicted octanol–water partition coefficient (Wildman–Crippen LogP) is 2.88. The summed E-state index contributed by atoms with van der Waals surface area (Å²) in [6.07, 6.45) is 1.47. The van der Waals surface area contributed by atoms with E-state index in [1.54, 1.807) is 20.8 Å². The van der Waals surface area contributed by atoms with Gasteiger partial charge in [-0.2, -0.15) is 0 Å². The number of ether oxygens (including phenoxy) is 1. The van der Waals surface area contributed by atoms with Crippen LogP contribution in [0.4, 0.5) is 4.79 Å². The highest BCUT2D eigenvalue weighted by Crippen LogP contribution is 2.17. The number of aryl methyl sites for hydroxylation is 1. The molecule has 1 saturated heterocycles. The SMILES string of the molecule is Cc1ccc(C(=O)NCC2CCN(C(=O)CCNC(=O)OC(C)(C)C)CC2)cc1. The Hall–Kier alpha value is -2.57. The molecule has 29 heavy (non-hydrogen) atoms. The Morgan fingerprint density at radius 1 is 1.07 bits per heavy atom. The van der Waals surface area contributed by atoms with Crippen molar-refractivity contribution in [1.82, 2.24) is 15.5 Å². The minimum atomic E-state index is -0.551. The van der Waals surface area contributed by atoms with Gasteiger partial charge < -0.3 is 20.3 Å². The van der Waals surface area contributed by atoms with Gasteiger partial charge >= 0.3 is 6.09 Å². The summed E-state index contributed by atoms with van der Waals surface area (Å²) in [6.45, 7) is 9.62. The molecule has 0 saturated carbocycles. The third kappa shape index (κ3) is 8.13. The van der Waals surface area contributed by atoms with Crippen molar-refractivity contribution in [3.05, 3.63) is 35.4 Å². The van der Waals surface area contributed by atoms with Crippen molar-refractivity contribution in [2.75, 3.05) is 26.2 Å². The van der Waals surface area contributed by atoms with Gasteiger partial charge in [-0.1, -0.05) is 17.7 Å². The lowest BCUT2D eigenvalue weighted by Gasteiger charge is -2.32. The lowest BCUT2D eigenvalue weighted by molar-refractivity contribution is -0.132. The monoisotopic (exact) mass is 403 g/mol. The Kier molecular flexibility index (Phi) is 8.05. The van der Waals surface area contributed by atoms with Crippen molar-refractivity contribution in [2.45, 2.75) is 52.6 Å². The number of hydrogen-bond acceptors (Lipinski definition) is 4. The molecule has 0 aromatic heterocycles. The van der Waals surface area contributed by atoms with Crippen LogP contribution in [-0.4, -0.2) is 54.6 Å². The van der Waals surface area contributed by atoms with E-state index in [1.807, 2.05) is 36.1 Å². The number of likely N-dealkylation sites (tertiary alicyclic amines) is 1. The van der Waals surface area contributed by atoms with E-state index < -0.39 is 11.7 Å². The first-order valence-electron chi connectivity index (χ1n) is 10.2. The van der Waals surface area contributed by atoms with E-state index in [9.17, 15) is 14.4 Å². The fourth-order valence-electron chi connectivity index (χ4n) is 3.17. The number of amides is 3. The highest BCUT2D eigenvalue weighted by atomic mass is 16.6. The molecule has 3 amide bonds. The zero-order valence-corrected chi connectivity index (χ0v) is 17.9. The van der Waals surface area contributed by atoms with Gasteiger partial charge in [-0.05, 0) is 58.6 Å². The Balaban J connectivity index is 1.64. The molecule has 0 atom stereocenters. The van der Waals surface area contributed by atoms with E-state index in [-0.39, 0.29) is 24.8 Å². The van der Waals surface area contributed by atoms with Crippen molar-refractivity contribution >= 4 is 17.9 Å². The molecule has 1 aromatic rings. The number of nitrogens with one attached hydrogen (secondary N) is 2. The molecular formula is C22H33N3O4. The van der Waals surface area contributed by atoms with Crippen LogP contribution in [0.25, 0.3) is 0 Å². The van der Waals surface area contributed by atoms with Gasteiger partial charge in [-0.15, -0.1) is 0 Å². The number of benzene rings is 1. The second-order valence-electron chi connectivity index (χ2n) is 8.58. The molecule has 160 valence electrons. The van der Waals surface area contributed by atoms with Crippen LogP contribution in [0, 0.1) is 12.8 Å². The van der Waals surface area contributed by atoms with Crippen LogP contribution in [0.2, 0.25) is 0 Å². The Morgan fingerprint density at radius 2 is 1.69 bits per heavy atom. The summed E-state index contributed by atoms with van der Waals surface area (Å²) in [5.74, 6) is 0.341. The zero-order valence-electron chi connectivity index (χ0n) is 17.9. The number of piperidine rings is 1. The molecule has 0 unspecified atom stereocenters. The highest BCUT2D eigenvalue weighted by Gasteiger charge is 2.23. The van der Waals surface area contributed by atoms with E-state index in [4.69, 9.17) is 4.74 Å². The molecule has 7 heteroatoms. The van der Waals surface area contributed by atoms with E-state index in [1.165, 1.54) is 0 Å². The van der Waals surface area contributed by atoms with E-state index in [0.29, 0.717) is 31.1 Å². The first-order chi connectivity index (χ1) is 13.6. The molecule has 0 aliphatic carbocycles. The molecule has 0 bridgehead atoms. The maximum absolute atomic E-state index is 12.3. The second-order valence-corrected chi connectivity index (χ2v) is 8.58. The summed E-state index contributed by atoms with van der Waals surface area (Å²) < 4.78 is 5.15. The minimum Gasteiger partial charge on any atom is -0.444 e. The molecule has 0 spiro atoms. The maximum Gasteiger partial charge on any atom is 0.407 e. The molecule has 1 fully saturated rings. The van der Waals surface area contributed by atoms with Crippen LogP contribution in [0.1, 0.15) is 56.0 Å². The average Bonchev–Trinajstić information content (AvgIpc) is 2.65. The predicted molar refractivity (Wildman–Crippen MR) is 112 cm³/mol. The van der Waals surface area contributed by atoms with Gasteiger partial charge in [-0.3, -0.25) is 9.59 Å². The van der Waals surface area contributed by atoms with Gasteiger partial charge in [0.25, 0.3) is 5.91 Å². The summed E-state index contributed by atoms with van der Waals surface area (Å²) in [5.41, 5.74) is 1.24. The van der Waals surface area contributed by atoms with Gasteiger partial charge in [0.2, 0.25) is 5.91 Å². The van der Waals surface area contributed by atoms with Gasteiger partial charge in [0.1, 0.15) is 5.60 Å². The number of carbonyl (C=O) groups is 3. The van der Waals surface area contributed by atoms with Crippen molar-refractivity contribution in [1.29, 1.82) is 0 Å². The molecule has 2 rings (SSSR count). The number of carbonyl (C=O) groups excluding carboxylic acids is 3. The number of rotatable bonds is 6. The van der Waals surface area contributed by atoms with Crippen LogP contribution in [0.15, 0.2) is 24.3 Å². The Morgan fingerprint density at radius 3 is 2.28 bits per heavy atom. The molecular weight excluding hydrogens is 370 g/mol. The van der Waals surface area contributed by atoms with Gasteiger partial charge in [-0.25, -0.2) is 4.79 Å². The largest absolute Gasteiger partial charge is 0.444 e. The van der Waals surface area contributed by atoms with Crippen LogP contribution >= 0.6 is 0 Å². The Labute approximate surface area is 173 Å². The third-order valence-corrected chi connectivity index (χ3v) is 4.84. The number of alkyl carbamates (subject to hydrolysis) is 1. The lowest BCUT2D eigenvalue weighted by Crippen LogP contribution is -2.42. The first kappa shape index (κ1) is 22.7. The highest BCUT2D eigenvalue weighted by molar-refractivity contribution is 5.94. The van der Waals surface area contributed by atoms with Crippen LogP contribution in [-0.2, 0) is 9.53 Å². The summed E-state index contributed by atoms with van der Waals surface area (Å²) in [6, 6.07) is 7.52. The Bertz CT molecular complexity index is 702. The van der Waals surface area contributed by atoms with Crippen LogP contribution in [0.3, 0.4) is 0 Å². The molecule has 1 heterocycles. The molecule has 7 nitrogen and oxygen atoms in total. The number of nitrogens with zero attached hydrogens (tertiary/aromatic N) is 1. The summed E-state index contributed by atoms with van der Waals surface area (Å²) in [5, 5.41) is 5.61. The van der Waals surface area contributed by atoms with Crippen molar-refractivity contribution < 1.29 is 19.1 Å². The average molecular weight is 404 g/mol. The van der Waals surface area contributed by atoms with Gasteiger partial charge in [0.15, 0.2) is 0 Å². The molecule has 2 N–H and O–H groups in total. The van der Waals surface area contributed by atoms with Crippen molar-refractivity contribution in [3.63, 3.8) is 0 Å². The van der Waals surface area contributed by atoms with E-state index >= 15 is 0 Å². The minimum absolute atomic E-state index is 0.0307. The fourth-order valence-corrected chi connectivity index (χ4v) is 3.17. The molecule has 1 aliphatic rings. The van der Waals surface area contributed by atoms with E-state index in [2.05, 4.69) is 10.6 Å². The summed E-state index contributed by atoms with van der Waals surface area (Å²) >= 11 is 0. The zero-order chi connectivity index (χ0) is 21.4. The standard InChI is InChI=1S/C22H33N3O4/c1-16-5-7-18(8-6-16)20(27)24-15-17-10-13-25(14-11-17)19(26)9-12-23-21(28)29-22(2,3)4/h5-8,17H,9-15H2,1-4H3,(H,23,28)(H,24,27). The normalized spacial score (nSPS) is 15.0. The number of hydrogen-bond donors (Lipinski definition) is 2. The topological polar surface area (TPSA) is 87.7 Å². The lowest BCUT2D eigenvalue weighted by atomic mass is 9.96. The molecule has 1 aromatic carbocycles. The van der Waals surface area contributed by atoms with Gasteiger partial charge in [0.05, 0.1) is 0 Å². The van der Waals surface area contributed by atoms with Crippen LogP contribution in [0.5, 0.6) is 0 Å². The second kappa shape index (κ2) is 10.3. The molecule has 1 aliphatic heterocycles. The van der Waals surface area contributed by atoms with Crippen molar-refractivity contribution in [3.8, 4) is 0 Å². The summed E-state index contributed by atoms with van der Waals surface area (Å²) in [4.78, 5) is 38.0. The smallest absolute Gasteiger partial charge is 0.407 e. The quantitative estimate of drug-likeness (QED) is 0.765. The van der Waals surface area contributed by atoms with E-state index in [0.717, 1.165) is 18.4 Å². The molecule has 0 radical (unpaired) electrons. The maximum atomic E-state index is 12.3.